The summed E-state index contributed by atoms with van der Waals surface area (Å²) in [5.74, 6) is -0.974. The topological polar surface area (TPSA) is 53.3 Å². The van der Waals surface area contributed by atoms with Crippen LogP contribution in [-0.4, -0.2) is 5.97 Å². The zero-order chi connectivity index (χ0) is 11.7. The van der Waals surface area contributed by atoms with Crippen molar-refractivity contribution in [3.05, 3.63) is 47.5 Å². The zero-order valence-corrected chi connectivity index (χ0v) is 8.49. The maximum absolute atomic E-state index is 12.7. The van der Waals surface area contributed by atoms with Crippen LogP contribution in [0.2, 0.25) is 0 Å². The van der Waals surface area contributed by atoms with Crippen molar-refractivity contribution in [2.75, 3.05) is 0 Å². The van der Waals surface area contributed by atoms with Crippen LogP contribution in [0.4, 0.5) is 4.39 Å². The first-order chi connectivity index (χ1) is 7.58. The minimum Gasteiger partial charge on any atom is -0.545 e. The van der Waals surface area contributed by atoms with Crippen molar-refractivity contribution in [1.82, 2.24) is 0 Å². The van der Waals surface area contributed by atoms with Gasteiger partial charge >= 0.3 is 0 Å². The lowest BCUT2D eigenvalue weighted by Gasteiger charge is -1.95. The van der Waals surface area contributed by atoms with Gasteiger partial charge in [0.1, 0.15) is 17.3 Å². The van der Waals surface area contributed by atoms with Gasteiger partial charge in [-0.05, 0) is 37.3 Å². The first kappa shape index (κ1) is 10.4. The molecule has 0 unspecified atom stereocenters. The van der Waals surface area contributed by atoms with Gasteiger partial charge < -0.3 is 14.3 Å². The number of carbonyl (C=O) groups excluding carboxylic acids is 1. The standard InChI is InChI=1S/C12H9FO3/c1-7-10(12(14)15)6-11(16-7)8-2-4-9(13)5-3-8/h2-6H,1H3,(H,14,15)/p-1. The monoisotopic (exact) mass is 219 g/mol. The van der Waals surface area contributed by atoms with Crippen LogP contribution in [0.25, 0.3) is 11.3 Å². The van der Waals surface area contributed by atoms with Gasteiger partial charge in [0.15, 0.2) is 0 Å². The molecule has 16 heavy (non-hydrogen) atoms. The smallest absolute Gasteiger partial charge is 0.134 e. The van der Waals surface area contributed by atoms with Gasteiger partial charge in [-0.3, -0.25) is 0 Å². The van der Waals surface area contributed by atoms with E-state index in [9.17, 15) is 14.3 Å². The summed E-state index contributed by atoms with van der Waals surface area (Å²) >= 11 is 0. The highest BCUT2D eigenvalue weighted by Gasteiger charge is 2.09. The lowest BCUT2D eigenvalue weighted by molar-refractivity contribution is -0.255. The average Bonchev–Trinajstić information content (AvgIpc) is 2.61. The quantitative estimate of drug-likeness (QED) is 0.773. The van der Waals surface area contributed by atoms with Crippen molar-refractivity contribution in [1.29, 1.82) is 0 Å². The van der Waals surface area contributed by atoms with E-state index in [1.54, 1.807) is 0 Å². The lowest BCUT2D eigenvalue weighted by atomic mass is 10.1. The SMILES string of the molecule is Cc1oc(-c2ccc(F)cc2)cc1C(=O)[O-]. The third kappa shape index (κ3) is 1.82. The Morgan fingerprint density at radius 2 is 1.94 bits per heavy atom. The minimum absolute atomic E-state index is 0.0133. The molecule has 1 aromatic carbocycles. The molecule has 0 radical (unpaired) electrons. The number of halogens is 1. The van der Waals surface area contributed by atoms with E-state index in [4.69, 9.17) is 4.42 Å². The van der Waals surface area contributed by atoms with Crippen molar-refractivity contribution < 1.29 is 18.7 Å². The molecule has 4 heteroatoms. The molecule has 0 aliphatic carbocycles. The van der Waals surface area contributed by atoms with Crippen LogP contribution in [-0.2, 0) is 0 Å². The fourth-order valence-electron chi connectivity index (χ4n) is 1.44. The van der Waals surface area contributed by atoms with Crippen molar-refractivity contribution in [3.63, 3.8) is 0 Å². The first-order valence-electron chi connectivity index (χ1n) is 4.65. The van der Waals surface area contributed by atoms with Crippen LogP contribution in [0.15, 0.2) is 34.7 Å². The van der Waals surface area contributed by atoms with Crippen molar-refractivity contribution >= 4 is 5.97 Å². The molecule has 0 atom stereocenters. The predicted octanol–water partition coefficient (Wildman–Crippen LogP) is 1.76. The summed E-state index contributed by atoms with van der Waals surface area (Å²) in [6.07, 6.45) is 0. The second-order valence-electron chi connectivity index (χ2n) is 3.37. The van der Waals surface area contributed by atoms with E-state index in [1.165, 1.54) is 37.3 Å². The van der Waals surface area contributed by atoms with E-state index in [2.05, 4.69) is 0 Å². The van der Waals surface area contributed by atoms with E-state index in [0.717, 1.165) is 0 Å². The Hall–Kier alpha value is -2.10. The predicted molar refractivity (Wildman–Crippen MR) is 53.2 cm³/mol. The molecule has 1 aromatic heterocycles. The van der Waals surface area contributed by atoms with E-state index in [-0.39, 0.29) is 17.1 Å². The van der Waals surface area contributed by atoms with Gasteiger partial charge in [0, 0.05) is 11.1 Å². The average molecular weight is 219 g/mol. The number of carboxylic acid groups (broad SMARTS) is 1. The number of aryl methyl sites for hydroxylation is 1. The number of carboxylic acids is 1. The van der Waals surface area contributed by atoms with Gasteiger partial charge in [-0.15, -0.1) is 0 Å². The largest absolute Gasteiger partial charge is 0.545 e. The van der Waals surface area contributed by atoms with Crippen LogP contribution in [0.3, 0.4) is 0 Å². The third-order valence-corrected chi connectivity index (χ3v) is 2.27. The number of hydrogen-bond donors (Lipinski definition) is 0. The van der Waals surface area contributed by atoms with Crippen LogP contribution in [0.5, 0.6) is 0 Å². The van der Waals surface area contributed by atoms with E-state index >= 15 is 0 Å². The van der Waals surface area contributed by atoms with E-state index in [0.29, 0.717) is 11.3 Å². The van der Waals surface area contributed by atoms with Gasteiger partial charge in [-0.1, -0.05) is 0 Å². The fraction of sp³-hybridized carbons (Fsp3) is 0.0833. The highest BCUT2D eigenvalue weighted by atomic mass is 19.1. The summed E-state index contributed by atoms with van der Waals surface area (Å²) in [6.45, 7) is 1.54. The highest BCUT2D eigenvalue weighted by Crippen LogP contribution is 2.25. The maximum atomic E-state index is 12.7. The summed E-state index contributed by atoms with van der Waals surface area (Å²) in [7, 11) is 0. The Morgan fingerprint density at radius 3 is 2.44 bits per heavy atom. The highest BCUT2D eigenvalue weighted by molar-refractivity contribution is 5.88. The molecule has 1 heterocycles. The number of benzene rings is 1. The molecular formula is C12H8FO3-. The number of furan rings is 1. The molecule has 2 rings (SSSR count). The summed E-state index contributed by atoms with van der Waals surface area (Å²) in [5, 5.41) is 10.7. The molecule has 3 nitrogen and oxygen atoms in total. The molecule has 0 saturated carbocycles. The Kier molecular flexibility index (Phi) is 2.48. The number of hydrogen-bond acceptors (Lipinski definition) is 3. The fourth-order valence-corrected chi connectivity index (χ4v) is 1.44. The van der Waals surface area contributed by atoms with Crippen molar-refractivity contribution in [2.45, 2.75) is 6.92 Å². The minimum atomic E-state index is -1.28. The molecule has 2 aromatic rings. The van der Waals surface area contributed by atoms with Crippen LogP contribution >= 0.6 is 0 Å². The van der Waals surface area contributed by atoms with Crippen LogP contribution in [0, 0.1) is 12.7 Å². The number of aromatic carboxylic acids is 1. The first-order valence-corrected chi connectivity index (χ1v) is 4.65. The molecule has 82 valence electrons. The van der Waals surface area contributed by atoms with Gasteiger partial charge in [0.25, 0.3) is 0 Å². The zero-order valence-electron chi connectivity index (χ0n) is 8.49. The molecule has 0 aliphatic heterocycles. The second-order valence-corrected chi connectivity index (χ2v) is 3.37. The van der Waals surface area contributed by atoms with Gasteiger partial charge in [0.05, 0.1) is 5.97 Å². The van der Waals surface area contributed by atoms with Crippen LogP contribution in [0.1, 0.15) is 16.1 Å². The molecule has 0 fully saturated rings. The van der Waals surface area contributed by atoms with Crippen molar-refractivity contribution in [2.24, 2.45) is 0 Å². The van der Waals surface area contributed by atoms with Crippen molar-refractivity contribution in [3.8, 4) is 11.3 Å². The lowest BCUT2D eigenvalue weighted by Crippen LogP contribution is -2.22. The number of rotatable bonds is 2. The molecule has 0 saturated heterocycles. The second kappa shape index (κ2) is 3.81. The molecule has 0 spiro atoms. The van der Waals surface area contributed by atoms with Crippen LogP contribution < -0.4 is 5.11 Å². The molecule has 0 bridgehead atoms. The third-order valence-electron chi connectivity index (χ3n) is 2.27. The molecule has 0 amide bonds. The van der Waals surface area contributed by atoms with Gasteiger partial charge in [-0.2, -0.15) is 0 Å². The normalized spacial score (nSPS) is 10.4. The molecular weight excluding hydrogens is 211 g/mol. The van der Waals surface area contributed by atoms with E-state index in [1.807, 2.05) is 0 Å². The van der Waals surface area contributed by atoms with E-state index < -0.39 is 5.97 Å². The maximum Gasteiger partial charge on any atom is 0.134 e. The summed E-state index contributed by atoms with van der Waals surface area (Å²) in [5.41, 5.74) is 0.635. The Morgan fingerprint density at radius 1 is 1.31 bits per heavy atom. The molecule has 0 N–H and O–H groups in total. The Bertz CT molecular complexity index is 526. The number of carbonyl (C=O) groups is 1. The van der Waals surface area contributed by atoms with Gasteiger partial charge in [-0.25, -0.2) is 4.39 Å². The summed E-state index contributed by atoms with van der Waals surface area (Å²) in [4.78, 5) is 10.7. The summed E-state index contributed by atoms with van der Waals surface area (Å²) in [6, 6.07) is 6.98. The summed E-state index contributed by atoms with van der Waals surface area (Å²) < 4.78 is 17.9. The van der Waals surface area contributed by atoms with Gasteiger partial charge in [0.2, 0.25) is 0 Å². The Labute approximate surface area is 91.1 Å². The Balaban J connectivity index is 2.45. The molecule has 0 aliphatic rings.